The predicted octanol–water partition coefficient (Wildman–Crippen LogP) is 4.02. The van der Waals surface area contributed by atoms with Gasteiger partial charge in [0, 0.05) is 31.1 Å². The maximum atomic E-state index is 12.5. The number of amides is 1. The molecule has 4 nitrogen and oxygen atoms in total. The van der Waals surface area contributed by atoms with E-state index in [4.69, 9.17) is 16.3 Å². The highest BCUT2D eigenvalue weighted by Gasteiger charge is 2.25. The number of ether oxygens (including phenoxy) is 1. The number of carbonyl (C=O) groups is 1. The zero-order chi connectivity index (χ0) is 19.1. The van der Waals surface area contributed by atoms with Crippen molar-refractivity contribution >= 4 is 17.5 Å². The quantitative estimate of drug-likeness (QED) is 0.781. The molecular weight excluding hydrogens is 360 g/mol. The molecule has 144 valence electrons. The Morgan fingerprint density at radius 2 is 1.78 bits per heavy atom. The SMILES string of the molecule is C[C@H](CC(=O)NC[C@H](c1ccccc1Cl)N1CCOCC1)c1ccccc1. The van der Waals surface area contributed by atoms with E-state index in [0.29, 0.717) is 26.2 Å². The van der Waals surface area contributed by atoms with Crippen molar-refractivity contribution in [2.45, 2.75) is 25.3 Å². The molecule has 5 heteroatoms. The highest BCUT2D eigenvalue weighted by molar-refractivity contribution is 6.31. The summed E-state index contributed by atoms with van der Waals surface area (Å²) >= 11 is 6.45. The van der Waals surface area contributed by atoms with Crippen LogP contribution in [0.3, 0.4) is 0 Å². The molecule has 1 saturated heterocycles. The Bertz CT molecular complexity index is 732. The summed E-state index contributed by atoms with van der Waals surface area (Å²) < 4.78 is 5.48. The minimum Gasteiger partial charge on any atom is -0.379 e. The Morgan fingerprint density at radius 3 is 2.48 bits per heavy atom. The van der Waals surface area contributed by atoms with Crippen LogP contribution in [-0.4, -0.2) is 43.7 Å². The Hall–Kier alpha value is -1.88. The number of rotatable bonds is 7. The van der Waals surface area contributed by atoms with Gasteiger partial charge in [0.25, 0.3) is 0 Å². The number of carbonyl (C=O) groups excluding carboxylic acids is 1. The molecular formula is C22H27ClN2O2. The van der Waals surface area contributed by atoms with Crippen LogP contribution in [0.4, 0.5) is 0 Å². The van der Waals surface area contributed by atoms with Crippen molar-refractivity contribution < 1.29 is 9.53 Å². The molecule has 0 saturated carbocycles. The van der Waals surface area contributed by atoms with E-state index in [0.717, 1.165) is 23.7 Å². The number of halogens is 1. The highest BCUT2D eigenvalue weighted by atomic mass is 35.5. The van der Waals surface area contributed by atoms with Crippen LogP contribution in [0.15, 0.2) is 54.6 Å². The van der Waals surface area contributed by atoms with Gasteiger partial charge in [-0.25, -0.2) is 0 Å². The normalized spacial score (nSPS) is 17.3. The second kappa shape index (κ2) is 9.88. The predicted molar refractivity (Wildman–Crippen MR) is 109 cm³/mol. The molecule has 0 aliphatic carbocycles. The van der Waals surface area contributed by atoms with Crippen molar-refractivity contribution in [3.05, 3.63) is 70.7 Å². The van der Waals surface area contributed by atoms with Crippen molar-refractivity contribution in [3.63, 3.8) is 0 Å². The lowest BCUT2D eigenvalue weighted by molar-refractivity contribution is -0.121. The first-order valence-electron chi connectivity index (χ1n) is 9.53. The van der Waals surface area contributed by atoms with Crippen molar-refractivity contribution in [1.82, 2.24) is 10.2 Å². The third-order valence-electron chi connectivity index (χ3n) is 5.10. The van der Waals surface area contributed by atoms with Gasteiger partial charge in [0.15, 0.2) is 0 Å². The van der Waals surface area contributed by atoms with E-state index >= 15 is 0 Å². The highest BCUT2D eigenvalue weighted by Crippen LogP contribution is 2.28. The van der Waals surface area contributed by atoms with Crippen LogP contribution >= 0.6 is 11.6 Å². The van der Waals surface area contributed by atoms with Crippen LogP contribution in [-0.2, 0) is 9.53 Å². The van der Waals surface area contributed by atoms with E-state index < -0.39 is 0 Å². The second-order valence-corrected chi connectivity index (χ2v) is 7.41. The molecule has 3 rings (SSSR count). The number of nitrogens with zero attached hydrogens (tertiary/aromatic N) is 1. The summed E-state index contributed by atoms with van der Waals surface area (Å²) in [4.78, 5) is 14.9. The number of benzene rings is 2. The van der Waals surface area contributed by atoms with E-state index in [9.17, 15) is 4.79 Å². The summed E-state index contributed by atoms with van der Waals surface area (Å²) in [5, 5.41) is 3.86. The first-order valence-corrected chi connectivity index (χ1v) is 9.91. The molecule has 2 aromatic carbocycles. The lowest BCUT2D eigenvalue weighted by atomic mass is 9.97. The number of hydrogen-bond donors (Lipinski definition) is 1. The van der Waals surface area contributed by atoms with Gasteiger partial charge in [-0.15, -0.1) is 0 Å². The van der Waals surface area contributed by atoms with Gasteiger partial charge in [0.1, 0.15) is 0 Å². The van der Waals surface area contributed by atoms with Gasteiger partial charge in [-0.3, -0.25) is 9.69 Å². The monoisotopic (exact) mass is 386 g/mol. The summed E-state index contributed by atoms with van der Waals surface area (Å²) in [6.45, 7) is 5.73. The Labute approximate surface area is 166 Å². The van der Waals surface area contributed by atoms with Crippen LogP contribution in [0.1, 0.15) is 36.4 Å². The molecule has 2 aromatic rings. The molecule has 27 heavy (non-hydrogen) atoms. The average Bonchev–Trinajstić information content (AvgIpc) is 2.71. The average molecular weight is 387 g/mol. The Morgan fingerprint density at radius 1 is 1.11 bits per heavy atom. The minimum absolute atomic E-state index is 0.0542. The van der Waals surface area contributed by atoms with Crippen LogP contribution in [0, 0.1) is 0 Å². The fraction of sp³-hybridized carbons (Fsp3) is 0.409. The molecule has 1 N–H and O–H groups in total. The molecule has 2 atom stereocenters. The van der Waals surface area contributed by atoms with Gasteiger partial charge in [0.05, 0.1) is 19.3 Å². The summed E-state index contributed by atoms with van der Waals surface area (Å²) in [5.74, 6) is 0.255. The van der Waals surface area contributed by atoms with Gasteiger partial charge in [-0.05, 0) is 23.1 Å². The van der Waals surface area contributed by atoms with Crippen LogP contribution in [0.25, 0.3) is 0 Å². The fourth-order valence-corrected chi connectivity index (χ4v) is 3.79. The largest absolute Gasteiger partial charge is 0.379 e. The molecule has 0 bridgehead atoms. The smallest absolute Gasteiger partial charge is 0.220 e. The van der Waals surface area contributed by atoms with Gasteiger partial charge < -0.3 is 10.1 Å². The topological polar surface area (TPSA) is 41.6 Å². The molecule has 1 aliphatic heterocycles. The maximum absolute atomic E-state index is 12.5. The molecule has 1 amide bonds. The molecule has 0 spiro atoms. The number of nitrogens with one attached hydrogen (secondary N) is 1. The molecule has 0 aromatic heterocycles. The first kappa shape index (κ1) is 19.9. The van der Waals surface area contributed by atoms with Crippen LogP contribution < -0.4 is 5.32 Å². The third-order valence-corrected chi connectivity index (χ3v) is 5.45. The van der Waals surface area contributed by atoms with Crippen molar-refractivity contribution in [1.29, 1.82) is 0 Å². The van der Waals surface area contributed by atoms with E-state index in [1.807, 2.05) is 42.5 Å². The summed E-state index contributed by atoms with van der Waals surface area (Å²) in [6.07, 6.45) is 0.475. The summed E-state index contributed by atoms with van der Waals surface area (Å²) in [6, 6.07) is 18.1. The van der Waals surface area contributed by atoms with E-state index in [1.165, 1.54) is 5.56 Å². The zero-order valence-corrected chi connectivity index (χ0v) is 16.5. The molecule has 0 radical (unpaired) electrons. The zero-order valence-electron chi connectivity index (χ0n) is 15.7. The van der Waals surface area contributed by atoms with Gasteiger partial charge >= 0.3 is 0 Å². The number of hydrogen-bond acceptors (Lipinski definition) is 3. The molecule has 1 heterocycles. The summed E-state index contributed by atoms with van der Waals surface area (Å²) in [5.41, 5.74) is 2.24. The van der Waals surface area contributed by atoms with Crippen molar-refractivity contribution in [3.8, 4) is 0 Å². The van der Waals surface area contributed by atoms with E-state index in [1.54, 1.807) is 0 Å². The molecule has 1 aliphatic rings. The Balaban J connectivity index is 1.63. The Kier molecular flexibility index (Phi) is 7.27. The summed E-state index contributed by atoms with van der Waals surface area (Å²) in [7, 11) is 0. The molecule has 1 fully saturated rings. The van der Waals surface area contributed by atoms with E-state index in [2.05, 4.69) is 29.3 Å². The van der Waals surface area contributed by atoms with E-state index in [-0.39, 0.29) is 17.9 Å². The van der Waals surface area contributed by atoms with Gasteiger partial charge in [0.2, 0.25) is 5.91 Å². The van der Waals surface area contributed by atoms with Gasteiger partial charge in [-0.2, -0.15) is 0 Å². The maximum Gasteiger partial charge on any atom is 0.220 e. The van der Waals surface area contributed by atoms with Gasteiger partial charge in [-0.1, -0.05) is 67.1 Å². The van der Waals surface area contributed by atoms with Crippen LogP contribution in [0.5, 0.6) is 0 Å². The third kappa shape index (κ3) is 5.55. The lowest BCUT2D eigenvalue weighted by Gasteiger charge is -2.35. The van der Waals surface area contributed by atoms with Crippen molar-refractivity contribution in [2.75, 3.05) is 32.8 Å². The standard InChI is InChI=1S/C22H27ClN2O2/c1-17(18-7-3-2-4-8-18)15-22(26)24-16-21(25-11-13-27-14-12-25)19-9-5-6-10-20(19)23/h2-10,17,21H,11-16H2,1H3,(H,24,26)/t17-,21-/m1/s1. The molecule has 0 unspecified atom stereocenters. The lowest BCUT2D eigenvalue weighted by Crippen LogP contribution is -2.44. The number of morpholine rings is 1. The minimum atomic E-state index is 0.0542. The fourth-order valence-electron chi connectivity index (χ4n) is 3.53. The first-order chi connectivity index (χ1) is 13.1. The second-order valence-electron chi connectivity index (χ2n) is 7.01. The van der Waals surface area contributed by atoms with Crippen molar-refractivity contribution in [2.24, 2.45) is 0 Å². The van der Waals surface area contributed by atoms with Crippen LogP contribution in [0.2, 0.25) is 5.02 Å².